The van der Waals surface area contributed by atoms with E-state index in [0.29, 0.717) is 108 Å². The van der Waals surface area contributed by atoms with Crippen LogP contribution in [0, 0.1) is 24.7 Å². The number of Topliss-reactive ketones (excluding diaryl/α,β-unsaturated/α-hetero) is 5. The number of aliphatic hydroxyl groups is 2. The normalized spacial score (nSPS) is 19.6. The van der Waals surface area contributed by atoms with Crippen LogP contribution in [0.2, 0.25) is 0 Å². The number of nitrogens with one attached hydrogen (secondary N) is 7. The summed E-state index contributed by atoms with van der Waals surface area (Å²) < 4.78 is 52.3. The lowest BCUT2D eigenvalue weighted by Gasteiger charge is -2.31. The highest BCUT2D eigenvalue weighted by Crippen LogP contribution is 2.44. The van der Waals surface area contributed by atoms with Gasteiger partial charge >= 0.3 is 12.2 Å². The zero-order valence-electron chi connectivity index (χ0n) is 82.4. The van der Waals surface area contributed by atoms with Crippen molar-refractivity contribution in [1.82, 2.24) is 46.8 Å². The number of rotatable bonds is 26. The second-order valence-electron chi connectivity index (χ2n) is 36.6. The summed E-state index contributed by atoms with van der Waals surface area (Å²) in [4.78, 5) is 210. The van der Waals surface area contributed by atoms with Gasteiger partial charge in [-0.3, -0.25) is 67.2 Å². The van der Waals surface area contributed by atoms with Crippen molar-refractivity contribution in [2.24, 2.45) is 17.8 Å². The number of methoxy groups -OCH3 is 3. The molecule has 2 unspecified atom stereocenters. The third-order valence-electron chi connectivity index (χ3n) is 25.6. The number of aliphatic hydroxyl groups excluding tert-OH is 2. The third kappa shape index (κ3) is 30.7. The highest BCUT2D eigenvalue weighted by Gasteiger charge is 2.48. The quantitative estimate of drug-likeness (QED) is 0.0181. The highest BCUT2D eigenvalue weighted by molar-refractivity contribution is 6.13. The summed E-state index contributed by atoms with van der Waals surface area (Å²) in [5.41, 5.74) is 11.8. The number of fused-ring (bicyclic) bond motifs is 2. The van der Waals surface area contributed by atoms with Gasteiger partial charge in [0.2, 0.25) is 23.6 Å². The smallest absolute Gasteiger partial charge is 0.416 e. The number of ketones is 5. The van der Waals surface area contributed by atoms with Crippen molar-refractivity contribution in [1.29, 1.82) is 0 Å². The van der Waals surface area contributed by atoms with E-state index in [4.69, 9.17) is 42.6 Å². The van der Waals surface area contributed by atoms with Crippen LogP contribution < -0.4 is 66.2 Å². The molecule has 10 amide bonds. The molecule has 9 aliphatic heterocycles. The Balaban J connectivity index is 0.720. The molecule has 38 nitrogen and oxygen atoms in total. The first kappa shape index (κ1) is 109. The van der Waals surface area contributed by atoms with Gasteiger partial charge in [0.15, 0.2) is 41.3 Å². The summed E-state index contributed by atoms with van der Waals surface area (Å²) in [5, 5.41) is 39.6. The van der Waals surface area contributed by atoms with E-state index in [9.17, 15) is 77.3 Å². The van der Waals surface area contributed by atoms with Crippen LogP contribution in [-0.4, -0.2) is 264 Å². The first-order chi connectivity index (χ1) is 69.4. The topological polar surface area (TPSA) is 480 Å². The number of carbonyl (C=O) groups excluding carboxylic acids is 15. The van der Waals surface area contributed by atoms with Gasteiger partial charge in [0.1, 0.15) is 43.0 Å². The lowest BCUT2D eigenvalue weighted by atomic mass is 9.90. The number of nitrogens with zero attached hydrogens (tertiary/aromatic N) is 5. The van der Waals surface area contributed by atoms with Gasteiger partial charge < -0.3 is 89.2 Å². The first-order valence-electron chi connectivity index (χ1n) is 48.9. The highest BCUT2D eigenvalue weighted by atomic mass is 16.6. The van der Waals surface area contributed by atoms with Gasteiger partial charge in [0.25, 0.3) is 23.6 Å². The Morgan fingerprint density at radius 1 is 0.549 bits per heavy atom. The molecule has 0 spiro atoms. The van der Waals surface area contributed by atoms with E-state index in [0.717, 1.165) is 38.0 Å². The Morgan fingerprint density at radius 2 is 1.12 bits per heavy atom. The number of aryl methyl sites for hydroxylation is 1. The standard InChI is InChI=1S/C106H130N12O26/c1-66(2)98(113-100(129)75(15-9-10-39-108-95(125)38-46-136-5)53-80(120)16-13-42-114-96(126)36-37-97(114)127)90(123)50-68(4)99(128)112-78-30-26-73(27-31-78)76-54-89-104(133)118-87-58-93(92(138-7)56-85(87)102(131)116(89)61-76)142-45-12-8-11-44-141-91-57-86-84(49-67(91)3)101(130)115-62-77(74-28-33-83(137-6)34-29-74)55-88(115)103(132)117(86)105(134)143-63-72-24-20-70(21-25-72)52-82(122)60-110-111-65-140-43-14-17-79(119)32-35-94(124)109-41-48-139-47-40-107-59-81(121)51-69-18-22-71(23-19-69)64-144-106(118)135/h18-31,33-34,36-37,49,54-58,66,68,75,88-89,98,103-104,107,110-111,132-133H,8-17,32,35,38-48,50-53,59-65H2,1-7H3,(H,108,125)(H,109,124)(H,112,128)(H,113,129)/t68-,75-,88+,89+,98+,103?,104?/m1/s1. The number of carbonyl (C=O) groups is 15. The molecule has 6 aromatic carbocycles. The molecule has 144 heavy (non-hydrogen) atoms. The van der Waals surface area contributed by atoms with Crippen LogP contribution in [0.5, 0.6) is 23.0 Å². The molecular formula is C106H130N12O26. The number of anilines is 3. The zero-order valence-corrected chi connectivity index (χ0v) is 82.4. The molecule has 15 rings (SSSR count). The lowest BCUT2D eigenvalue weighted by Crippen LogP contribution is -2.50. The van der Waals surface area contributed by atoms with Crippen LogP contribution >= 0.6 is 0 Å². The fourth-order valence-corrected chi connectivity index (χ4v) is 17.5. The van der Waals surface area contributed by atoms with Crippen LogP contribution in [0.15, 0.2) is 146 Å². The number of unbranched alkanes of at least 4 members (excludes halogenated alkanes) is 1. The van der Waals surface area contributed by atoms with Gasteiger partial charge in [-0.25, -0.2) is 30.2 Å². The lowest BCUT2D eigenvalue weighted by molar-refractivity contribution is -0.137. The molecule has 770 valence electrons. The maximum absolute atomic E-state index is 15.3. The van der Waals surface area contributed by atoms with Crippen molar-refractivity contribution in [3.8, 4) is 23.0 Å². The first-order valence-corrected chi connectivity index (χ1v) is 48.9. The average molecular weight is 1990 g/mol. The van der Waals surface area contributed by atoms with Crippen LogP contribution in [0.25, 0.3) is 11.1 Å². The van der Waals surface area contributed by atoms with E-state index in [-0.39, 0.29) is 238 Å². The molecule has 9 N–H and O–H groups in total. The molecule has 0 fully saturated rings. The Hall–Kier alpha value is -13.7. The van der Waals surface area contributed by atoms with Crippen molar-refractivity contribution in [3.63, 3.8) is 0 Å². The maximum Gasteiger partial charge on any atom is 0.416 e. The number of ether oxygens (including phenoxy) is 9. The van der Waals surface area contributed by atoms with Crippen molar-refractivity contribution in [2.45, 2.75) is 181 Å². The molecule has 7 atom stereocenters. The Bertz CT molecular complexity index is 5650. The Labute approximate surface area is 836 Å². The summed E-state index contributed by atoms with van der Waals surface area (Å²) >= 11 is 0. The summed E-state index contributed by atoms with van der Waals surface area (Å²) in [6.07, 6.45) is 3.63. The van der Waals surface area contributed by atoms with Crippen LogP contribution in [0.1, 0.15) is 177 Å². The van der Waals surface area contributed by atoms with E-state index < -0.39 is 102 Å². The third-order valence-corrected chi connectivity index (χ3v) is 25.6. The van der Waals surface area contributed by atoms with Crippen molar-refractivity contribution < 1.29 is 125 Å². The molecular weight excluding hydrogens is 1860 g/mol. The predicted molar refractivity (Wildman–Crippen MR) is 530 cm³/mol. The van der Waals surface area contributed by atoms with E-state index in [2.05, 4.69) is 37.4 Å². The van der Waals surface area contributed by atoms with Gasteiger partial charge in [-0.2, -0.15) is 0 Å². The number of hydrogen-bond acceptors (Lipinski definition) is 29. The minimum Gasteiger partial charge on any atom is -0.497 e. The minimum atomic E-state index is -1.79. The summed E-state index contributed by atoms with van der Waals surface area (Å²) in [5.74, 6) is -5.65. The Morgan fingerprint density at radius 3 is 1.72 bits per heavy atom. The SMILES string of the molecule is COCCC(=O)NCCCC[C@H](CC(=O)CCCN1C(=O)C=CC1=O)C(=O)N[C@H](C(=O)C[C@@H](C)C(=O)Nc1ccc(C2=C[C@H]3C(O)N4C(=O)OCc5ccc(cc5)CC(=O)CNCCOCCNC(=O)CCC(=O)CCCOCNNCC(=O)Cc5ccc(cc5)COC(=O)N5c6cc(c(C)cc6C(=O)N6CC(c7ccc(OC)cc7)=C[C@H]6C5O)OCCCCCOc5cc4c(cc5OC)C(=O)N3C2)cc1)C(C)C. The van der Waals surface area contributed by atoms with E-state index >= 15 is 4.79 Å². The van der Waals surface area contributed by atoms with Crippen LogP contribution in [0.3, 0.4) is 0 Å². The molecule has 9 heterocycles. The van der Waals surface area contributed by atoms with Gasteiger partial charge in [-0.15, -0.1) is 0 Å². The van der Waals surface area contributed by atoms with Gasteiger partial charge in [-0.05, 0) is 144 Å². The fraction of sp³-hybridized carbons (Fsp3) is 0.462. The second kappa shape index (κ2) is 54.1. The van der Waals surface area contributed by atoms with Gasteiger partial charge in [0.05, 0.1) is 101 Å². The predicted octanol–water partition coefficient (Wildman–Crippen LogP) is 8.84. The number of amides is 10. The van der Waals surface area contributed by atoms with Crippen LogP contribution in [-0.2, 0) is 102 Å². The van der Waals surface area contributed by atoms with Crippen molar-refractivity contribution >= 4 is 117 Å². The summed E-state index contributed by atoms with van der Waals surface area (Å²) in [6.45, 7) is 8.47. The second-order valence-corrected chi connectivity index (χ2v) is 36.6. The van der Waals surface area contributed by atoms with E-state index in [1.54, 1.807) is 144 Å². The van der Waals surface area contributed by atoms with E-state index in [1.165, 1.54) is 36.2 Å². The minimum absolute atomic E-state index is 0.00870. The van der Waals surface area contributed by atoms with E-state index in [1.807, 2.05) is 12.1 Å². The molecule has 38 heteroatoms. The molecule has 6 aromatic rings. The van der Waals surface area contributed by atoms with Crippen LogP contribution in [0.4, 0.5) is 26.7 Å². The largest absolute Gasteiger partial charge is 0.497 e. The van der Waals surface area contributed by atoms with Crippen molar-refractivity contribution in [3.05, 3.63) is 196 Å². The molecule has 0 radical (unpaired) electrons. The summed E-state index contributed by atoms with van der Waals surface area (Å²) in [7, 11) is 4.43. The summed E-state index contributed by atoms with van der Waals surface area (Å²) in [6, 6.07) is 30.5. The molecule has 0 saturated heterocycles. The fourth-order valence-electron chi connectivity index (χ4n) is 17.5. The number of benzene rings is 6. The van der Waals surface area contributed by atoms with Gasteiger partial charge in [-0.1, -0.05) is 112 Å². The average Bonchev–Trinajstić information content (AvgIpc) is 1.59. The molecule has 8 bridgehead atoms. The Kier molecular flexibility index (Phi) is 41.0. The zero-order chi connectivity index (χ0) is 103. The number of hydrazine groups is 1. The number of hydrogen-bond donors (Lipinski definition) is 9. The molecule has 0 aliphatic carbocycles. The number of imide groups is 1. The maximum atomic E-state index is 15.3. The molecule has 0 aromatic heterocycles. The van der Waals surface area contributed by atoms with Crippen molar-refractivity contribution in [2.75, 3.05) is 135 Å². The van der Waals surface area contributed by atoms with Gasteiger partial charge in [0, 0.05) is 153 Å². The molecule has 0 saturated carbocycles. The molecule has 9 aliphatic rings. The monoisotopic (exact) mass is 1990 g/mol.